The number of rotatable bonds is 7. The molecular formula is C16H25ClO. The van der Waals surface area contributed by atoms with Gasteiger partial charge in [-0.1, -0.05) is 29.8 Å². The number of hydrogen-bond donors (Lipinski definition) is 0. The van der Waals surface area contributed by atoms with Crippen LogP contribution < -0.4 is 0 Å². The first kappa shape index (κ1) is 15.5. The van der Waals surface area contributed by atoms with Crippen LogP contribution in [0.5, 0.6) is 0 Å². The molecule has 0 spiro atoms. The van der Waals surface area contributed by atoms with Crippen molar-refractivity contribution in [2.75, 3.05) is 13.0 Å². The monoisotopic (exact) mass is 268 g/mol. The van der Waals surface area contributed by atoms with Crippen molar-refractivity contribution < 1.29 is 4.74 Å². The average molecular weight is 269 g/mol. The second-order valence-electron chi connectivity index (χ2n) is 5.71. The van der Waals surface area contributed by atoms with E-state index in [-0.39, 0.29) is 5.60 Å². The van der Waals surface area contributed by atoms with E-state index in [1.807, 2.05) is 0 Å². The van der Waals surface area contributed by atoms with Gasteiger partial charge >= 0.3 is 0 Å². The Morgan fingerprint density at radius 2 is 1.83 bits per heavy atom. The molecule has 0 aliphatic heterocycles. The van der Waals surface area contributed by atoms with Crippen LogP contribution in [0, 0.1) is 12.8 Å². The number of alkyl halides is 1. The van der Waals surface area contributed by atoms with Crippen LogP contribution in [-0.2, 0) is 11.2 Å². The van der Waals surface area contributed by atoms with E-state index in [0.29, 0.717) is 11.8 Å². The van der Waals surface area contributed by atoms with Gasteiger partial charge in [-0.3, -0.25) is 0 Å². The smallest absolute Gasteiger partial charge is 0.0622 e. The quantitative estimate of drug-likeness (QED) is 0.657. The number of halogens is 1. The Bertz CT molecular complexity index is 343. The molecule has 1 rings (SSSR count). The minimum absolute atomic E-state index is 0.0441. The zero-order chi connectivity index (χ0) is 13.6. The van der Waals surface area contributed by atoms with Crippen LogP contribution in [0.2, 0.25) is 0 Å². The van der Waals surface area contributed by atoms with Gasteiger partial charge in [-0.2, -0.15) is 0 Å². The van der Waals surface area contributed by atoms with Crippen molar-refractivity contribution in [1.82, 2.24) is 0 Å². The molecule has 1 unspecified atom stereocenters. The second kappa shape index (κ2) is 7.16. The molecule has 0 radical (unpaired) electrons. The fourth-order valence-corrected chi connectivity index (χ4v) is 2.21. The molecule has 0 heterocycles. The number of ether oxygens (including phenoxy) is 1. The summed E-state index contributed by atoms with van der Waals surface area (Å²) in [6, 6.07) is 8.74. The van der Waals surface area contributed by atoms with Crippen molar-refractivity contribution in [2.24, 2.45) is 5.92 Å². The largest absolute Gasteiger partial charge is 0.379 e. The first-order valence-electron chi connectivity index (χ1n) is 6.63. The summed E-state index contributed by atoms with van der Waals surface area (Å²) in [5.41, 5.74) is 2.64. The van der Waals surface area contributed by atoms with E-state index in [1.165, 1.54) is 11.1 Å². The average Bonchev–Trinajstić information content (AvgIpc) is 2.37. The Hall–Kier alpha value is -0.530. The van der Waals surface area contributed by atoms with Crippen molar-refractivity contribution in [2.45, 2.75) is 45.6 Å². The van der Waals surface area contributed by atoms with Gasteiger partial charge in [0.1, 0.15) is 0 Å². The predicted molar refractivity (Wildman–Crippen MR) is 79.4 cm³/mol. The zero-order valence-electron chi connectivity index (χ0n) is 12.0. The normalized spacial score (nSPS) is 13.6. The molecular weight excluding hydrogens is 244 g/mol. The molecule has 2 heteroatoms. The van der Waals surface area contributed by atoms with Crippen LogP contribution in [-0.4, -0.2) is 18.6 Å². The Morgan fingerprint density at radius 3 is 2.33 bits per heavy atom. The molecule has 1 aromatic rings. The first-order valence-corrected chi connectivity index (χ1v) is 7.17. The summed E-state index contributed by atoms with van der Waals surface area (Å²) in [5.74, 6) is 1.25. The van der Waals surface area contributed by atoms with Crippen molar-refractivity contribution in [3.05, 3.63) is 35.4 Å². The maximum Gasteiger partial charge on any atom is 0.0622 e. The van der Waals surface area contributed by atoms with Gasteiger partial charge in [-0.25, -0.2) is 0 Å². The molecule has 1 atom stereocenters. The van der Waals surface area contributed by atoms with Crippen molar-refractivity contribution in [3.63, 3.8) is 0 Å². The molecule has 0 aliphatic rings. The van der Waals surface area contributed by atoms with Crippen molar-refractivity contribution >= 4 is 11.6 Å². The maximum absolute atomic E-state index is 6.08. The summed E-state index contributed by atoms with van der Waals surface area (Å²) in [6.45, 7) is 6.37. The van der Waals surface area contributed by atoms with E-state index in [1.54, 1.807) is 7.11 Å². The highest BCUT2D eigenvalue weighted by Crippen LogP contribution is 2.23. The minimum Gasteiger partial charge on any atom is -0.379 e. The van der Waals surface area contributed by atoms with Crippen LogP contribution in [0.15, 0.2) is 24.3 Å². The van der Waals surface area contributed by atoms with Crippen LogP contribution in [0.4, 0.5) is 0 Å². The molecule has 0 aromatic heterocycles. The number of benzene rings is 1. The lowest BCUT2D eigenvalue weighted by molar-refractivity contribution is 0.0110. The molecule has 0 aliphatic carbocycles. The number of aryl methyl sites for hydroxylation is 1. The van der Waals surface area contributed by atoms with Gasteiger partial charge in [-0.05, 0) is 51.5 Å². The topological polar surface area (TPSA) is 9.23 Å². The summed E-state index contributed by atoms with van der Waals surface area (Å²) in [4.78, 5) is 0. The van der Waals surface area contributed by atoms with E-state index < -0.39 is 0 Å². The molecule has 1 aromatic carbocycles. The Balaban J connectivity index is 2.49. The lowest BCUT2D eigenvalue weighted by atomic mass is 9.91. The van der Waals surface area contributed by atoms with Gasteiger partial charge in [0.25, 0.3) is 0 Å². The molecule has 102 valence electrons. The van der Waals surface area contributed by atoms with E-state index in [4.69, 9.17) is 16.3 Å². The Morgan fingerprint density at radius 1 is 1.22 bits per heavy atom. The highest BCUT2D eigenvalue weighted by atomic mass is 35.5. The summed E-state index contributed by atoms with van der Waals surface area (Å²) in [5, 5.41) is 0. The van der Waals surface area contributed by atoms with Crippen molar-refractivity contribution in [1.29, 1.82) is 0 Å². The molecule has 0 N–H and O–H groups in total. The SMILES string of the molecule is COC(C)(C)CCC(CCl)Cc1ccc(C)cc1. The molecule has 1 nitrogen and oxygen atoms in total. The molecule has 0 fully saturated rings. The summed E-state index contributed by atoms with van der Waals surface area (Å²) in [7, 11) is 1.77. The maximum atomic E-state index is 6.08. The third-order valence-electron chi connectivity index (χ3n) is 3.57. The summed E-state index contributed by atoms with van der Waals surface area (Å²) >= 11 is 6.08. The van der Waals surface area contributed by atoms with Gasteiger partial charge in [0.2, 0.25) is 0 Å². The van der Waals surface area contributed by atoms with Crippen LogP contribution in [0.1, 0.15) is 37.8 Å². The highest BCUT2D eigenvalue weighted by Gasteiger charge is 2.19. The van der Waals surface area contributed by atoms with Crippen LogP contribution in [0.3, 0.4) is 0 Å². The molecule has 0 saturated carbocycles. The van der Waals surface area contributed by atoms with Gasteiger partial charge < -0.3 is 4.74 Å². The van der Waals surface area contributed by atoms with E-state index in [9.17, 15) is 0 Å². The first-order chi connectivity index (χ1) is 8.46. The molecule has 0 saturated heterocycles. The zero-order valence-corrected chi connectivity index (χ0v) is 12.8. The van der Waals surface area contributed by atoms with Gasteiger partial charge in [0.05, 0.1) is 5.60 Å². The summed E-state index contributed by atoms with van der Waals surface area (Å²) in [6.07, 6.45) is 3.22. The summed E-state index contributed by atoms with van der Waals surface area (Å²) < 4.78 is 5.46. The highest BCUT2D eigenvalue weighted by molar-refractivity contribution is 6.18. The van der Waals surface area contributed by atoms with Crippen LogP contribution >= 0.6 is 11.6 Å². The van der Waals surface area contributed by atoms with Crippen LogP contribution in [0.25, 0.3) is 0 Å². The minimum atomic E-state index is -0.0441. The van der Waals surface area contributed by atoms with Gasteiger partial charge in [-0.15, -0.1) is 11.6 Å². The second-order valence-corrected chi connectivity index (χ2v) is 6.02. The standard InChI is InChI=1S/C16H25ClO/c1-13-5-7-14(8-6-13)11-15(12-17)9-10-16(2,3)18-4/h5-8,15H,9-12H2,1-4H3. The van der Waals surface area contributed by atoms with E-state index >= 15 is 0 Å². The lowest BCUT2D eigenvalue weighted by Crippen LogP contribution is -2.24. The van der Waals surface area contributed by atoms with E-state index in [0.717, 1.165) is 19.3 Å². The fourth-order valence-electron chi connectivity index (χ4n) is 1.95. The predicted octanol–water partition coefficient (Wildman–Crippen LogP) is 4.60. The fraction of sp³-hybridized carbons (Fsp3) is 0.625. The van der Waals surface area contributed by atoms with E-state index in [2.05, 4.69) is 45.0 Å². The Kier molecular flexibility index (Phi) is 6.17. The molecule has 18 heavy (non-hydrogen) atoms. The Labute approximate surface area is 116 Å². The van der Waals surface area contributed by atoms with Gasteiger partial charge in [0.15, 0.2) is 0 Å². The van der Waals surface area contributed by atoms with Crippen molar-refractivity contribution in [3.8, 4) is 0 Å². The third kappa shape index (κ3) is 5.41. The lowest BCUT2D eigenvalue weighted by Gasteiger charge is -2.25. The number of methoxy groups -OCH3 is 1. The third-order valence-corrected chi connectivity index (χ3v) is 4.01. The number of hydrogen-bond acceptors (Lipinski definition) is 1. The van der Waals surface area contributed by atoms with Gasteiger partial charge in [0, 0.05) is 13.0 Å². The molecule has 0 amide bonds. The molecule has 0 bridgehead atoms.